The summed E-state index contributed by atoms with van der Waals surface area (Å²) in [6, 6.07) is 9.05. The molecule has 3 rings (SSSR count). The molecule has 2 aliphatic rings. The summed E-state index contributed by atoms with van der Waals surface area (Å²) in [5.41, 5.74) is 3.30. The second-order valence-electron chi connectivity index (χ2n) is 4.80. The van der Waals surface area contributed by atoms with Gasteiger partial charge in [0.2, 0.25) is 0 Å². The third kappa shape index (κ3) is 0.815. The molecule has 0 nitrogen and oxygen atoms in total. The van der Waals surface area contributed by atoms with E-state index in [4.69, 9.17) is 0 Å². The molecule has 1 aromatic rings. The van der Waals surface area contributed by atoms with Crippen molar-refractivity contribution in [3.8, 4) is 0 Å². The van der Waals surface area contributed by atoms with Crippen LogP contribution in [0.5, 0.6) is 0 Å². The molecule has 1 aromatic carbocycles. The zero-order valence-corrected chi connectivity index (χ0v) is 8.33. The van der Waals surface area contributed by atoms with Gasteiger partial charge in [0, 0.05) is 0 Å². The van der Waals surface area contributed by atoms with Gasteiger partial charge in [0.05, 0.1) is 0 Å². The smallest absolute Gasteiger partial charge is 0.0125 e. The molecule has 1 fully saturated rings. The first kappa shape index (κ1) is 7.61. The molecule has 0 heterocycles. The average molecular weight is 172 g/mol. The summed E-state index contributed by atoms with van der Waals surface area (Å²) < 4.78 is 0. The lowest BCUT2D eigenvalue weighted by Crippen LogP contribution is -2.16. The fourth-order valence-corrected chi connectivity index (χ4v) is 3.44. The maximum Gasteiger partial charge on any atom is -0.0125 e. The van der Waals surface area contributed by atoms with Gasteiger partial charge in [-0.05, 0) is 41.2 Å². The summed E-state index contributed by atoms with van der Waals surface area (Å²) in [4.78, 5) is 0. The van der Waals surface area contributed by atoms with Gasteiger partial charge in [-0.3, -0.25) is 0 Å². The Morgan fingerprint density at radius 1 is 0.923 bits per heavy atom. The van der Waals surface area contributed by atoms with Gasteiger partial charge >= 0.3 is 0 Å². The highest BCUT2D eigenvalue weighted by Gasteiger charge is 2.46. The highest BCUT2D eigenvalue weighted by Crippen LogP contribution is 2.58. The number of benzene rings is 1. The number of hydrogen-bond acceptors (Lipinski definition) is 0. The van der Waals surface area contributed by atoms with Crippen molar-refractivity contribution in [3.63, 3.8) is 0 Å². The van der Waals surface area contributed by atoms with E-state index in [1.54, 1.807) is 11.1 Å². The van der Waals surface area contributed by atoms with Crippen molar-refractivity contribution >= 4 is 0 Å². The van der Waals surface area contributed by atoms with Crippen LogP contribution in [0.25, 0.3) is 0 Å². The topological polar surface area (TPSA) is 0 Å². The van der Waals surface area contributed by atoms with E-state index in [1.807, 2.05) is 0 Å². The second kappa shape index (κ2) is 2.37. The predicted octanol–water partition coefficient (Wildman–Crippen LogP) is 3.54. The van der Waals surface area contributed by atoms with Crippen LogP contribution in [0, 0.1) is 11.8 Å². The van der Waals surface area contributed by atoms with Gasteiger partial charge in [-0.25, -0.2) is 0 Å². The quantitative estimate of drug-likeness (QED) is 0.561. The Morgan fingerprint density at radius 2 is 1.38 bits per heavy atom. The van der Waals surface area contributed by atoms with Crippen molar-refractivity contribution < 1.29 is 0 Å². The molecule has 0 aliphatic heterocycles. The first-order chi connectivity index (χ1) is 6.29. The van der Waals surface area contributed by atoms with E-state index < -0.39 is 0 Å². The molecule has 68 valence electrons. The molecule has 1 saturated carbocycles. The molecule has 2 bridgehead atoms. The van der Waals surface area contributed by atoms with Crippen molar-refractivity contribution in [3.05, 3.63) is 35.4 Å². The molecule has 0 radical (unpaired) electrons. The van der Waals surface area contributed by atoms with Crippen LogP contribution in [0.1, 0.15) is 43.2 Å². The highest BCUT2D eigenvalue weighted by molar-refractivity contribution is 5.42. The standard InChI is InChI=1S/C13H16/c1-8-9(2)13-7-12(8)10-5-3-4-6-11(10)13/h3-6,8-9,12-13H,7H2,1-2H3/t8-,9+,12-,13-/m1/s1. The van der Waals surface area contributed by atoms with Crippen LogP contribution in [-0.4, -0.2) is 0 Å². The van der Waals surface area contributed by atoms with Crippen LogP contribution in [0.15, 0.2) is 24.3 Å². The lowest BCUT2D eigenvalue weighted by atomic mass is 9.78. The lowest BCUT2D eigenvalue weighted by molar-refractivity contribution is 0.381. The molecular weight excluding hydrogens is 156 g/mol. The first-order valence-corrected chi connectivity index (χ1v) is 5.38. The van der Waals surface area contributed by atoms with Crippen molar-refractivity contribution in [1.82, 2.24) is 0 Å². The summed E-state index contributed by atoms with van der Waals surface area (Å²) >= 11 is 0. The zero-order valence-electron chi connectivity index (χ0n) is 8.33. The first-order valence-electron chi connectivity index (χ1n) is 5.38. The van der Waals surface area contributed by atoms with Crippen molar-refractivity contribution in [2.24, 2.45) is 11.8 Å². The molecule has 4 atom stereocenters. The fourth-order valence-electron chi connectivity index (χ4n) is 3.44. The third-order valence-electron chi connectivity index (χ3n) is 4.40. The van der Waals surface area contributed by atoms with Gasteiger partial charge in [0.25, 0.3) is 0 Å². The van der Waals surface area contributed by atoms with E-state index >= 15 is 0 Å². The van der Waals surface area contributed by atoms with Gasteiger partial charge < -0.3 is 0 Å². The van der Waals surface area contributed by atoms with E-state index in [0.717, 1.165) is 23.7 Å². The molecule has 0 unspecified atom stereocenters. The molecule has 0 amide bonds. The van der Waals surface area contributed by atoms with Crippen molar-refractivity contribution in [2.75, 3.05) is 0 Å². The Morgan fingerprint density at radius 3 is 1.85 bits per heavy atom. The van der Waals surface area contributed by atoms with E-state index in [1.165, 1.54) is 6.42 Å². The van der Waals surface area contributed by atoms with E-state index in [9.17, 15) is 0 Å². The van der Waals surface area contributed by atoms with Gasteiger partial charge in [0.1, 0.15) is 0 Å². The Hall–Kier alpha value is -0.780. The Bertz CT molecular complexity index is 307. The minimum Gasteiger partial charge on any atom is -0.0620 e. The van der Waals surface area contributed by atoms with Gasteiger partial charge in [0.15, 0.2) is 0 Å². The van der Waals surface area contributed by atoms with Gasteiger partial charge in [-0.2, -0.15) is 0 Å². The SMILES string of the molecule is C[C@@H]1[C@H](C)[C@H]2C[C@H]1c1ccccc12. The molecule has 13 heavy (non-hydrogen) atoms. The Kier molecular flexibility index (Phi) is 1.39. The van der Waals surface area contributed by atoms with Crippen LogP contribution in [0.4, 0.5) is 0 Å². The maximum atomic E-state index is 2.42. The maximum absolute atomic E-state index is 2.42. The van der Waals surface area contributed by atoms with Gasteiger partial charge in [-0.1, -0.05) is 38.1 Å². The minimum atomic E-state index is 0.871. The van der Waals surface area contributed by atoms with Crippen LogP contribution < -0.4 is 0 Å². The summed E-state index contributed by atoms with van der Waals surface area (Å²) in [7, 11) is 0. The monoisotopic (exact) mass is 172 g/mol. The van der Waals surface area contributed by atoms with Crippen molar-refractivity contribution in [2.45, 2.75) is 32.1 Å². The van der Waals surface area contributed by atoms with Gasteiger partial charge in [-0.15, -0.1) is 0 Å². The summed E-state index contributed by atoms with van der Waals surface area (Å²) in [5.74, 6) is 3.55. The third-order valence-corrected chi connectivity index (χ3v) is 4.40. The largest absolute Gasteiger partial charge is 0.0620 e. The number of hydrogen-bond donors (Lipinski definition) is 0. The lowest BCUT2D eigenvalue weighted by Gasteiger charge is -2.27. The van der Waals surface area contributed by atoms with E-state index in [-0.39, 0.29) is 0 Å². The normalized spacial score (nSPS) is 40.8. The summed E-state index contributed by atoms with van der Waals surface area (Å²) in [6.45, 7) is 4.84. The Labute approximate surface area is 80.0 Å². The molecular formula is C13H16. The molecule has 0 spiro atoms. The highest BCUT2D eigenvalue weighted by atomic mass is 14.5. The van der Waals surface area contributed by atoms with Crippen LogP contribution in [0.3, 0.4) is 0 Å². The summed E-state index contributed by atoms with van der Waals surface area (Å²) in [6.07, 6.45) is 1.42. The summed E-state index contributed by atoms with van der Waals surface area (Å²) in [5, 5.41) is 0. The van der Waals surface area contributed by atoms with Crippen LogP contribution >= 0.6 is 0 Å². The number of rotatable bonds is 0. The minimum absolute atomic E-state index is 0.871. The fraction of sp³-hybridized carbons (Fsp3) is 0.538. The molecule has 2 aliphatic carbocycles. The molecule has 0 aromatic heterocycles. The predicted molar refractivity (Wildman–Crippen MR) is 54.9 cm³/mol. The second-order valence-corrected chi connectivity index (χ2v) is 4.80. The molecule has 0 N–H and O–H groups in total. The van der Waals surface area contributed by atoms with E-state index in [0.29, 0.717) is 0 Å². The van der Waals surface area contributed by atoms with Crippen LogP contribution in [0.2, 0.25) is 0 Å². The molecule has 0 heteroatoms. The van der Waals surface area contributed by atoms with Crippen molar-refractivity contribution in [1.29, 1.82) is 0 Å². The Balaban J connectivity index is 2.16. The van der Waals surface area contributed by atoms with E-state index in [2.05, 4.69) is 38.1 Å². The van der Waals surface area contributed by atoms with Crippen LogP contribution in [-0.2, 0) is 0 Å². The number of fused-ring (bicyclic) bond motifs is 5. The zero-order chi connectivity index (χ0) is 9.00. The molecule has 0 saturated heterocycles. The average Bonchev–Trinajstić information content (AvgIpc) is 2.66.